The number of hydrogen-bond donors (Lipinski definition) is 2. The van der Waals surface area contributed by atoms with Crippen LogP contribution < -0.4 is 11.1 Å². The van der Waals surface area contributed by atoms with Gasteiger partial charge in [0, 0.05) is 17.5 Å². The SMILES string of the molecule is CC(C)(C)NC(=O)CCc1ccc(C2(N)CC2)cc1. The van der Waals surface area contributed by atoms with Gasteiger partial charge < -0.3 is 11.1 Å². The van der Waals surface area contributed by atoms with E-state index in [2.05, 4.69) is 29.6 Å². The molecule has 0 saturated heterocycles. The zero-order valence-electron chi connectivity index (χ0n) is 12.1. The predicted molar refractivity (Wildman–Crippen MR) is 77.8 cm³/mol. The number of hydrogen-bond acceptors (Lipinski definition) is 2. The largest absolute Gasteiger partial charge is 0.351 e. The first kappa shape index (κ1) is 14.1. The smallest absolute Gasteiger partial charge is 0.220 e. The molecule has 3 heteroatoms. The molecular weight excluding hydrogens is 236 g/mol. The van der Waals surface area contributed by atoms with Crippen molar-refractivity contribution in [1.29, 1.82) is 0 Å². The van der Waals surface area contributed by atoms with Gasteiger partial charge in [-0.05, 0) is 51.2 Å². The number of aryl methyl sites for hydroxylation is 1. The number of carbonyl (C=O) groups is 1. The summed E-state index contributed by atoms with van der Waals surface area (Å²) in [5.41, 5.74) is 8.33. The van der Waals surface area contributed by atoms with E-state index in [-0.39, 0.29) is 17.0 Å². The van der Waals surface area contributed by atoms with Crippen LogP contribution in [0.25, 0.3) is 0 Å². The van der Waals surface area contributed by atoms with E-state index in [4.69, 9.17) is 5.73 Å². The Kier molecular flexibility index (Phi) is 3.68. The Balaban J connectivity index is 1.85. The summed E-state index contributed by atoms with van der Waals surface area (Å²) in [5.74, 6) is 0.106. The molecule has 3 N–H and O–H groups in total. The van der Waals surface area contributed by atoms with Crippen LogP contribution in [-0.4, -0.2) is 11.4 Å². The Labute approximate surface area is 115 Å². The van der Waals surface area contributed by atoms with Crippen molar-refractivity contribution in [3.63, 3.8) is 0 Å². The summed E-state index contributed by atoms with van der Waals surface area (Å²) in [7, 11) is 0. The van der Waals surface area contributed by atoms with Crippen LogP contribution in [0, 0.1) is 0 Å². The number of carbonyl (C=O) groups excluding carboxylic acids is 1. The van der Waals surface area contributed by atoms with E-state index in [9.17, 15) is 4.79 Å². The number of nitrogens with two attached hydrogens (primary N) is 1. The van der Waals surface area contributed by atoms with Gasteiger partial charge >= 0.3 is 0 Å². The molecule has 0 radical (unpaired) electrons. The molecule has 0 aliphatic heterocycles. The van der Waals surface area contributed by atoms with Gasteiger partial charge in [0.1, 0.15) is 0 Å². The second kappa shape index (κ2) is 4.97. The molecule has 1 aliphatic rings. The normalized spacial score (nSPS) is 17.1. The molecule has 1 amide bonds. The lowest BCUT2D eigenvalue weighted by Crippen LogP contribution is -2.40. The van der Waals surface area contributed by atoms with Crippen molar-refractivity contribution in [3.05, 3.63) is 35.4 Å². The second-order valence-electron chi connectivity index (χ2n) is 6.65. The quantitative estimate of drug-likeness (QED) is 0.874. The minimum atomic E-state index is -0.154. The molecule has 1 fully saturated rings. The van der Waals surface area contributed by atoms with Gasteiger partial charge in [-0.15, -0.1) is 0 Å². The lowest BCUT2D eigenvalue weighted by Gasteiger charge is -2.20. The number of benzene rings is 1. The lowest BCUT2D eigenvalue weighted by molar-refractivity contribution is -0.122. The number of rotatable bonds is 4. The first-order valence-corrected chi connectivity index (χ1v) is 6.98. The molecule has 0 aromatic heterocycles. The molecule has 104 valence electrons. The molecule has 0 heterocycles. The van der Waals surface area contributed by atoms with E-state index in [0.29, 0.717) is 6.42 Å². The first-order chi connectivity index (χ1) is 8.78. The van der Waals surface area contributed by atoms with Crippen LogP contribution in [0.15, 0.2) is 24.3 Å². The van der Waals surface area contributed by atoms with E-state index in [1.807, 2.05) is 20.8 Å². The van der Waals surface area contributed by atoms with E-state index < -0.39 is 0 Å². The molecule has 0 atom stereocenters. The van der Waals surface area contributed by atoms with Gasteiger partial charge in [0.25, 0.3) is 0 Å². The van der Waals surface area contributed by atoms with Gasteiger partial charge in [-0.3, -0.25) is 4.79 Å². The predicted octanol–water partition coefficient (Wildman–Crippen LogP) is 2.48. The number of nitrogens with one attached hydrogen (secondary N) is 1. The van der Waals surface area contributed by atoms with Crippen molar-refractivity contribution < 1.29 is 4.79 Å². The third-order valence-electron chi connectivity index (χ3n) is 3.47. The van der Waals surface area contributed by atoms with E-state index in [1.165, 1.54) is 11.1 Å². The Morgan fingerprint density at radius 2 is 1.84 bits per heavy atom. The van der Waals surface area contributed by atoms with Crippen molar-refractivity contribution in [2.75, 3.05) is 0 Å². The highest BCUT2D eigenvalue weighted by Crippen LogP contribution is 2.42. The topological polar surface area (TPSA) is 55.1 Å². The van der Waals surface area contributed by atoms with Crippen molar-refractivity contribution in [1.82, 2.24) is 5.32 Å². The summed E-state index contributed by atoms with van der Waals surface area (Å²) >= 11 is 0. The molecule has 1 saturated carbocycles. The summed E-state index contributed by atoms with van der Waals surface area (Å²) < 4.78 is 0. The van der Waals surface area contributed by atoms with Crippen molar-refractivity contribution in [2.45, 2.75) is 57.5 Å². The van der Waals surface area contributed by atoms with Crippen molar-refractivity contribution in [2.24, 2.45) is 5.73 Å². The average Bonchev–Trinajstić information content (AvgIpc) is 3.04. The summed E-state index contributed by atoms with van der Waals surface area (Å²) in [4.78, 5) is 11.7. The fraction of sp³-hybridized carbons (Fsp3) is 0.562. The maximum Gasteiger partial charge on any atom is 0.220 e. The van der Waals surface area contributed by atoms with Crippen LogP contribution in [-0.2, 0) is 16.8 Å². The summed E-state index contributed by atoms with van der Waals surface area (Å²) in [6.45, 7) is 5.99. The summed E-state index contributed by atoms with van der Waals surface area (Å²) in [6, 6.07) is 8.38. The Bertz CT molecular complexity index is 453. The van der Waals surface area contributed by atoms with Gasteiger partial charge in [0.2, 0.25) is 5.91 Å². The highest BCUT2D eigenvalue weighted by Gasteiger charge is 2.39. The van der Waals surface area contributed by atoms with Crippen LogP contribution in [0.5, 0.6) is 0 Å². The Morgan fingerprint density at radius 1 is 1.26 bits per heavy atom. The third-order valence-corrected chi connectivity index (χ3v) is 3.47. The van der Waals surface area contributed by atoms with Crippen LogP contribution in [0.3, 0.4) is 0 Å². The van der Waals surface area contributed by atoms with Crippen LogP contribution in [0.2, 0.25) is 0 Å². The summed E-state index contributed by atoms with van der Waals surface area (Å²) in [5, 5.41) is 2.98. The van der Waals surface area contributed by atoms with Crippen LogP contribution in [0.4, 0.5) is 0 Å². The highest BCUT2D eigenvalue weighted by atomic mass is 16.1. The maximum atomic E-state index is 11.7. The lowest BCUT2D eigenvalue weighted by atomic mass is 10.0. The van der Waals surface area contributed by atoms with E-state index in [0.717, 1.165) is 19.3 Å². The fourth-order valence-corrected chi connectivity index (χ4v) is 2.17. The van der Waals surface area contributed by atoms with Gasteiger partial charge in [-0.2, -0.15) is 0 Å². The zero-order valence-corrected chi connectivity index (χ0v) is 12.1. The molecule has 1 aliphatic carbocycles. The average molecular weight is 260 g/mol. The minimum absolute atomic E-state index is 0.0673. The molecule has 1 aromatic rings. The van der Waals surface area contributed by atoms with E-state index >= 15 is 0 Å². The molecule has 0 spiro atoms. The first-order valence-electron chi connectivity index (χ1n) is 6.98. The highest BCUT2D eigenvalue weighted by molar-refractivity contribution is 5.76. The van der Waals surface area contributed by atoms with Gasteiger partial charge in [-0.1, -0.05) is 24.3 Å². The standard InChI is InChI=1S/C16H24N2O/c1-15(2,3)18-14(19)9-6-12-4-7-13(8-5-12)16(17)10-11-16/h4-5,7-8H,6,9-11,17H2,1-3H3,(H,18,19). The van der Waals surface area contributed by atoms with Crippen LogP contribution >= 0.6 is 0 Å². The van der Waals surface area contributed by atoms with Crippen LogP contribution in [0.1, 0.15) is 51.2 Å². The van der Waals surface area contributed by atoms with Gasteiger partial charge in [-0.25, -0.2) is 0 Å². The minimum Gasteiger partial charge on any atom is -0.351 e. The summed E-state index contributed by atoms with van der Waals surface area (Å²) in [6.07, 6.45) is 3.48. The molecule has 2 rings (SSSR count). The van der Waals surface area contributed by atoms with Crippen molar-refractivity contribution >= 4 is 5.91 Å². The third kappa shape index (κ3) is 4.06. The fourth-order valence-electron chi connectivity index (χ4n) is 2.17. The Morgan fingerprint density at radius 3 is 2.32 bits per heavy atom. The Hall–Kier alpha value is -1.35. The molecule has 0 bridgehead atoms. The van der Waals surface area contributed by atoms with Gasteiger partial charge in [0.15, 0.2) is 0 Å². The molecule has 19 heavy (non-hydrogen) atoms. The second-order valence-corrected chi connectivity index (χ2v) is 6.65. The van der Waals surface area contributed by atoms with E-state index in [1.54, 1.807) is 0 Å². The van der Waals surface area contributed by atoms with Crippen molar-refractivity contribution in [3.8, 4) is 0 Å². The molecule has 1 aromatic carbocycles. The molecule has 3 nitrogen and oxygen atoms in total. The molecular formula is C16H24N2O. The maximum absolute atomic E-state index is 11.7. The number of amides is 1. The van der Waals surface area contributed by atoms with Gasteiger partial charge in [0.05, 0.1) is 0 Å². The zero-order chi connectivity index (χ0) is 14.1. The monoisotopic (exact) mass is 260 g/mol. The molecule has 0 unspecified atom stereocenters.